The molecule has 0 unspecified atom stereocenters. The Morgan fingerprint density at radius 3 is 2.62 bits per heavy atom. The maximum Gasteiger partial charge on any atom is 0.0333 e. The van der Waals surface area contributed by atoms with Crippen LogP contribution in [-0.2, 0) is 0 Å². The van der Waals surface area contributed by atoms with Gasteiger partial charge in [0.05, 0.1) is 0 Å². The Morgan fingerprint density at radius 2 is 1.92 bits per heavy atom. The van der Waals surface area contributed by atoms with E-state index in [9.17, 15) is 0 Å². The highest BCUT2D eigenvalue weighted by Gasteiger charge is 2.44. The second-order valence-electron chi connectivity index (χ2n) is 5.02. The van der Waals surface area contributed by atoms with Gasteiger partial charge in [0.2, 0.25) is 0 Å². The van der Waals surface area contributed by atoms with Crippen molar-refractivity contribution in [2.75, 3.05) is 27.2 Å². The van der Waals surface area contributed by atoms with E-state index in [0.717, 1.165) is 6.04 Å². The minimum atomic E-state index is 0.464. The predicted molar refractivity (Wildman–Crippen MR) is 55.9 cm³/mol. The van der Waals surface area contributed by atoms with Crippen LogP contribution in [0.25, 0.3) is 0 Å². The number of rotatable bonds is 0. The number of likely N-dealkylation sites (N-methyl/N-ethyl adjacent to an activating group) is 2. The highest BCUT2D eigenvalue weighted by molar-refractivity contribution is 5.02. The fraction of sp³-hybridized carbons (Fsp3) is 1.00. The smallest absolute Gasteiger partial charge is 0.0333 e. The molecule has 0 aliphatic carbocycles. The molecule has 0 radical (unpaired) electrons. The molecule has 2 rings (SSSR count). The first-order valence-corrected chi connectivity index (χ1v) is 5.56. The van der Waals surface area contributed by atoms with Gasteiger partial charge in [-0.25, -0.2) is 0 Å². The summed E-state index contributed by atoms with van der Waals surface area (Å²) < 4.78 is 0. The molecule has 0 amide bonds. The number of hydrogen-bond donors (Lipinski definition) is 0. The van der Waals surface area contributed by atoms with E-state index in [-0.39, 0.29) is 0 Å². The first-order valence-electron chi connectivity index (χ1n) is 5.56. The lowest BCUT2D eigenvalue weighted by molar-refractivity contribution is -0.0344. The normalized spacial score (nSPS) is 43.2. The van der Waals surface area contributed by atoms with Crippen molar-refractivity contribution in [3.05, 3.63) is 0 Å². The highest BCUT2D eigenvalue weighted by Crippen LogP contribution is 2.37. The van der Waals surface area contributed by atoms with E-state index < -0.39 is 0 Å². The summed E-state index contributed by atoms with van der Waals surface area (Å²) in [7, 11) is 4.59. The van der Waals surface area contributed by atoms with E-state index in [1.807, 2.05) is 0 Å². The zero-order valence-corrected chi connectivity index (χ0v) is 9.21. The summed E-state index contributed by atoms with van der Waals surface area (Å²) in [6, 6.07) is 0.806. The van der Waals surface area contributed by atoms with Gasteiger partial charge in [-0.05, 0) is 59.8 Å². The minimum Gasteiger partial charge on any atom is -0.302 e. The second-order valence-corrected chi connectivity index (χ2v) is 5.02. The van der Waals surface area contributed by atoms with E-state index in [2.05, 4.69) is 30.8 Å². The third-order valence-electron chi connectivity index (χ3n) is 4.29. The van der Waals surface area contributed by atoms with Crippen molar-refractivity contribution in [2.24, 2.45) is 0 Å². The maximum atomic E-state index is 2.58. The second kappa shape index (κ2) is 3.25. The van der Waals surface area contributed by atoms with Gasteiger partial charge in [-0.1, -0.05) is 0 Å². The summed E-state index contributed by atoms with van der Waals surface area (Å²) in [5.74, 6) is 0. The third-order valence-corrected chi connectivity index (χ3v) is 4.29. The number of hydrogen-bond acceptors (Lipinski definition) is 2. The lowest BCUT2D eigenvalue weighted by Crippen LogP contribution is -2.64. The van der Waals surface area contributed by atoms with Crippen LogP contribution in [0.15, 0.2) is 0 Å². The Bertz CT molecular complexity index is 193. The van der Waals surface area contributed by atoms with Gasteiger partial charge < -0.3 is 4.90 Å². The summed E-state index contributed by atoms with van der Waals surface area (Å²) in [4.78, 5) is 5.15. The van der Waals surface area contributed by atoms with Crippen molar-refractivity contribution in [1.29, 1.82) is 0 Å². The number of likely N-dealkylation sites (tertiary alicyclic amines) is 2. The van der Waals surface area contributed by atoms with E-state index in [0.29, 0.717) is 5.54 Å². The average molecular weight is 182 g/mol. The SMILES string of the molecule is CN1CCC[C@@]2(C)[C@@H]1CCCN2C. The highest BCUT2D eigenvalue weighted by atomic mass is 15.3. The standard InChI is InChI=1S/C11H22N2/c1-11-7-5-8-12(2)10(11)6-4-9-13(11)3/h10H,4-9H2,1-3H3/t10-,11-/m0/s1. The molecule has 2 fully saturated rings. The average Bonchev–Trinajstić information content (AvgIpc) is 2.08. The van der Waals surface area contributed by atoms with Crippen molar-refractivity contribution in [3.63, 3.8) is 0 Å². The molecule has 2 heteroatoms. The van der Waals surface area contributed by atoms with E-state index in [4.69, 9.17) is 0 Å². The molecule has 0 bridgehead atoms. The van der Waals surface area contributed by atoms with Crippen LogP contribution >= 0.6 is 0 Å². The Labute approximate surface area is 81.9 Å². The molecule has 0 saturated carbocycles. The van der Waals surface area contributed by atoms with Crippen LogP contribution in [0.4, 0.5) is 0 Å². The van der Waals surface area contributed by atoms with Crippen LogP contribution in [0, 0.1) is 0 Å². The van der Waals surface area contributed by atoms with Gasteiger partial charge in [0, 0.05) is 11.6 Å². The number of fused-ring (bicyclic) bond motifs is 1. The molecule has 0 N–H and O–H groups in total. The fourth-order valence-electron chi connectivity index (χ4n) is 3.24. The van der Waals surface area contributed by atoms with Crippen molar-refractivity contribution < 1.29 is 0 Å². The molecule has 13 heavy (non-hydrogen) atoms. The molecule has 0 aromatic carbocycles. The third kappa shape index (κ3) is 1.40. The molecule has 2 nitrogen and oxygen atoms in total. The van der Waals surface area contributed by atoms with Gasteiger partial charge in [0.1, 0.15) is 0 Å². The first kappa shape index (κ1) is 9.47. The zero-order chi connectivity index (χ0) is 9.47. The lowest BCUT2D eigenvalue weighted by Gasteiger charge is -2.54. The summed E-state index contributed by atoms with van der Waals surface area (Å²) in [6.45, 7) is 5.04. The molecule has 0 aromatic rings. The van der Waals surface area contributed by atoms with Crippen molar-refractivity contribution >= 4 is 0 Å². The van der Waals surface area contributed by atoms with Crippen LogP contribution in [-0.4, -0.2) is 48.6 Å². The monoisotopic (exact) mass is 182 g/mol. The number of piperidine rings is 2. The Hall–Kier alpha value is -0.0800. The van der Waals surface area contributed by atoms with Crippen LogP contribution < -0.4 is 0 Å². The molecular weight excluding hydrogens is 160 g/mol. The van der Waals surface area contributed by atoms with E-state index in [1.165, 1.54) is 38.8 Å². The predicted octanol–water partition coefficient (Wildman–Crippen LogP) is 1.56. The largest absolute Gasteiger partial charge is 0.302 e. The van der Waals surface area contributed by atoms with Crippen molar-refractivity contribution in [1.82, 2.24) is 9.80 Å². The van der Waals surface area contributed by atoms with Gasteiger partial charge >= 0.3 is 0 Å². The van der Waals surface area contributed by atoms with Gasteiger partial charge in [0.25, 0.3) is 0 Å². The lowest BCUT2D eigenvalue weighted by atomic mass is 9.77. The number of nitrogens with zero attached hydrogens (tertiary/aromatic N) is 2. The quantitative estimate of drug-likeness (QED) is 0.561. The Morgan fingerprint density at radius 1 is 1.15 bits per heavy atom. The fourth-order valence-corrected chi connectivity index (χ4v) is 3.24. The summed E-state index contributed by atoms with van der Waals surface area (Å²) in [5, 5.41) is 0. The van der Waals surface area contributed by atoms with Crippen LogP contribution in [0.3, 0.4) is 0 Å². The van der Waals surface area contributed by atoms with E-state index >= 15 is 0 Å². The van der Waals surface area contributed by atoms with Gasteiger partial charge in [-0.15, -0.1) is 0 Å². The van der Waals surface area contributed by atoms with Gasteiger partial charge in [-0.3, -0.25) is 4.90 Å². The first-order chi connectivity index (χ1) is 6.14. The molecule has 2 saturated heterocycles. The van der Waals surface area contributed by atoms with Gasteiger partial charge in [-0.2, -0.15) is 0 Å². The van der Waals surface area contributed by atoms with Crippen molar-refractivity contribution in [2.45, 2.75) is 44.2 Å². The molecule has 2 aliphatic heterocycles. The summed E-state index contributed by atoms with van der Waals surface area (Å²) in [6.07, 6.45) is 5.53. The van der Waals surface area contributed by atoms with E-state index in [1.54, 1.807) is 0 Å². The molecule has 76 valence electrons. The molecular formula is C11H22N2. The van der Waals surface area contributed by atoms with Crippen LogP contribution in [0.2, 0.25) is 0 Å². The van der Waals surface area contributed by atoms with Crippen molar-refractivity contribution in [3.8, 4) is 0 Å². The Balaban J connectivity index is 2.19. The summed E-state index contributed by atoms with van der Waals surface area (Å²) in [5.41, 5.74) is 0.464. The molecule has 2 heterocycles. The summed E-state index contributed by atoms with van der Waals surface area (Å²) >= 11 is 0. The van der Waals surface area contributed by atoms with Crippen LogP contribution in [0.1, 0.15) is 32.6 Å². The topological polar surface area (TPSA) is 6.48 Å². The molecule has 2 atom stereocenters. The molecule has 2 aliphatic rings. The Kier molecular flexibility index (Phi) is 2.37. The molecule has 0 spiro atoms. The maximum absolute atomic E-state index is 2.58. The minimum absolute atomic E-state index is 0.464. The zero-order valence-electron chi connectivity index (χ0n) is 9.21. The van der Waals surface area contributed by atoms with Gasteiger partial charge in [0.15, 0.2) is 0 Å². The molecule has 0 aromatic heterocycles. The van der Waals surface area contributed by atoms with Crippen LogP contribution in [0.5, 0.6) is 0 Å².